The number of ketones is 1. The average Bonchev–Trinajstić information content (AvgIpc) is 2.87. The normalized spacial score (nSPS) is 16.0. The second-order valence-electron chi connectivity index (χ2n) is 4.39. The molecule has 3 nitrogen and oxygen atoms in total. The van der Waals surface area contributed by atoms with Crippen LogP contribution in [-0.2, 0) is 6.54 Å². The Morgan fingerprint density at radius 2 is 2.20 bits per heavy atom. The van der Waals surface area contributed by atoms with Crippen molar-refractivity contribution in [3.8, 4) is 0 Å². The summed E-state index contributed by atoms with van der Waals surface area (Å²) in [7, 11) is 4.04. The zero-order chi connectivity index (χ0) is 11.0. The smallest absolute Gasteiger partial charge is 0.171 e. The summed E-state index contributed by atoms with van der Waals surface area (Å²) in [6.07, 6.45) is 2.40. The number of hydrogen-bond acceptors (Lipinski definition) is 4. The number of hydrogen-bond donors (Lipinski definition) is 0. The SMILES string of the molecule is CC(=O)c1sc(CN(C)C)nc1C1CC1. The van der Waals surface area contributed by atoms with E-state index in [-0.39, 0.29) is 5.78 Å². The van der Waals surface area contributed by atoms with Gasteiger partial charge in [0.25, 0.3) is 0 Å². The van der Waals surface area contributed by atoms with E-state index in [2.05, 4.69) is 9.88 Å². The summed E-state index contributed by atoms with van der Waals surface area (Å²) in [6, 6.07) is 0. The lowest BCUT2D eigenvalue weighted by Gasteiger charge is -2.04. The highest BCUT2D eigenvalue weighted by Crippen LogP contribution is 2.42. The lowest BCUT2D eigenvalue weighted by Crippen LogP contribution is -2.10. The molecule has 1 fully saturated rings. The van der Waals surface area contributed by atoms with Gasteiger partial charge in [0.15, 0.2) is 5.78 Å². The maximum Gasteiger partial charge on any atom is 0.171 e. The van der Waals surface area contributed by atoms with Crippen LogP contribution in [0.25, 0.3) is 0 Å². The molecule has 0 unspecified atom stereocenters. The first kappa shape index (κ1) is 10.8. The van der Waals surface area contributed by atoms with Crippen molar-refractivity contribution in [3.05, 3.63) is 15.6 Å². The summed E-state index contributed by atoms with van der Waals surface area (Å²) >= 11 is 1.56. The molecule has 0 bridgehead atoms. The molecule has 0 atom stereocenters. The Hall–Kier alpha value is -0.740. The summed E-state index contributed by atoms with van der Waals surface area (Å²) in [4.78, 5) is 19.0. The molecule has 1 aromatic heterocycles. The van der Waals surface area contributed by atoms with Gasteiger partial charge in [-0.15, -0.1) is 11.3 Å². The van der Waals surface area contributed by atoms with Crippen LogP contribution in [0.5, 0.6) is 0 Å². The molecule has 0 N–H and O–H groups in total. The topological polar surface area (TPSA) is 33.2 Å². The van der Waals surface area contributed by atoms with Gasteiger partial charge in [0.1, 0.15) is 5.01 Å². The summed E-state index contributed by atoms with van der Waals surface area (Å²) in [5.74, 6) is 0.732. The minimum absolute atomic E-state index is 0.166. The molecule has 0 saturated heterocycles. The first-order chi connectivity index (χ1) is 7.08. The number of nitrogens with zero attached hydrogens (tertiary/aromatic N) is 2. The molecule has 82 valence electrons. The molecular weight excluding hydrogens is 208 g/mol. The third-order valence-corrected chi connectivity index (χ3v) is 3.59. The quantitative estimate of drug-likeness (QED) is 0.736. The fourth-order valence-electron chi connectivity index (χ4n) is 1.60. The first-order valence-corrected chi connectivity index (χ1v) is 6.05. The maximum absolute atomic E-state index is 11.5. The minimum Gasteiger partial charge on any atom is -0.303 e. The van der Waals surface area contributed by atoms with Gasteiger partial charge in [-0.3, -0.25) is 4.79 Å². The van der Waals surface area contributed by atoms with Gasteiger partial charge in [0.2, 0.25) is 0 Å². The molecule has 0 aromatic carbocycles. The van der Waals surface area contributed by atoms with Crippen LogP contribution < -0.4 is 0 Å². The molecular formula is C11H16N2OS. The Morgan fingerprint density at radius 1 is 1.53 bits per heavy atom. The largest absolute Gasteiger partial charge is 0.303 e. The Balaban J connectivity index is 2.27. The van der Waals surface area contributed by atoms with Crippen molar-refractivity contribution >= 4 is 17.1 Å². The molecule has 1 aliphatic rings. The van der Waals surface area contributed by atoms with Crippen LogP contribution in [0.4, 0.5) is 0 Å². The number of Topliss-reactive ketones (excluding diaryl/α,β-unsaturated/α-hetero) is 1. The molecule has 0 amide bonds. The molecule has 1 heterocycles. The van der Waals surface area contributed by atoms with Crippen molar-refractivity contribution in [2.45, 2.75) is 32.2 Å². The molecule has 1 aromatic rings. The molecule has 1 aliphatic carbocycles. The number of carbonyl (C=O) groups excluding carboxylic acids is 1. The lowest BCUT2D eigenvalue weighted by atomic mass is 10.2. The molecule has 0 aliphatic heterocycles. The lowest BCUT2D eigenvalue weighted by molar-refractivity contribution is 0.102. The molecule has 4 heteroatoms. The zero-order valence-electron chi connectivity index (χ0n) is 9.41. The first-order valence-electron chi connectivity index (χ1n) is 5.23. The van der Waals surface area contributed by atoms with E-state index < -0.39 is 0 Å². The van der Waals surface area contributed by atoms with Crippen LogP contribution in [0.2, 0.25) is 0 Å². The van der Waals surface area contributed by atoms with E-state index >= 15 is 0 Å². The van der Waals surface area contributed by atoms with Gasteiger partial charge in [-0.2, -0.15) is 0 Å². The van der Waals surface area contributed by atoms with Gasteiger partial charge in [-0.05, 0) is 26.9 Å². The minimum atomic E-state index is 0.166. The molecule has 0 radical (unpaired) electrons. The van der Waals surface area contributed by atoms with Gasteiger partial charge in [-0.1, -0.05) is 0 Å². The van der Waals surface area contributed by atoms with Gasteiger partial charge >= 0.3 is 0 Å². The number of aromatic nitrogens is 1. The monoisotopic (exact) mass is 224 g/mol. The second kappa shape index (κ2) is 4.02. The number of rotatable bonds is 4. The van der Waals surface area contributed by atoms with E-state index in [4.69, 9.17) is 0 Å². The average molecular weight is 224 g/mol. The summed E-state index contributed by atoms with van der Waals surface area (Å²) < 4.78 is 0. The van der Waals surface area contributed by atoms with E-state index in [0.29, 0.717) is 5.92 Å². The number of thiazole rings is 1. The molecule has 1 saturated carbocycles. The van der Waals surface area contributed by atoms with Crippen LogP contribution in [0.1, 0.15) is 46.1 Å². The molecule has 15 heavy (non-hydrogen) atoms. The third kappa shape index (κ3) is 2.44. The Morgan fingerprint density at radius 3 is 2.67 bits per heavy atom. The van der Waals surface area contributed by atoms with E-state index in [0.717, 1.165) is 22.1 Å². The summed E-state index contributed by atoms with van der Waals surface area (Å²) in [5, 5.41) is 1.06. The van der Waals surface area contributed by atoms with E-state index in [1.165, 1.54) is 12.8 Å². The highest BCUT2D eigenvalue weighted by Gasteiger charge is 2.30. The van der Waals surface area contributed by atoms with Crippen molar-refractivity contribution in [1.82, 2.24) is 9.88 Å². The van der Waals surface area contributed by atoms with E-state index in [9.17, 15) is 4.79 Å². The Bertz CT molecular complexity index is 380. The van der Waals surface area contributed by atoms with Gasteiger partial charge in [0, 0.05) is 19.4 Å². The summed E-state index contributed by atoms with van der Waals surface area (Å²) in [6.45, 7) is 2.47. The predicted octanol–water partition coefficient (Wildman–Crippen LogP) is 2.28. The van der Waals surface area contributed by atoms with Crippen molar-refractivity contribution in [2.24, 2.45) is 0 Å². The van der Waals surface area contributed by atoms with Crippen molar-refractivity contribution in [2.75, 3.05) is 14.1 Å². The standard InChI is InChI=1S/C11H16N2OS/c1-7(14)11-10(8-4-5-8)12-9(15-11)6-13(2)3/h8H,4-6H2,1-3H3. The fourth-order valence-corrected chi connectivity index (χ4v) is 2.76. The molecule has 0 spiro atoms. The Kier molecular flexibility index (Phi) is 2.89. The van der Waals surface area contributed by atoms with Gasteiger partial charge < -0.3 is 4.90 Å². The van der Waals surface area contributed by atoms with Crippen LogP contribution in [0, 0.1) is 0 Å². The molecule has 2 rings (SSSR count). The predicted molar refractivity (Wildman–Crippen MR) is 61.5 cm³/mol. The van der Waals surface area contributed by atoms with E-state index in [1.54, 1.807) is 18.3 Å². The fraction of sp³-hybridized carbons (Fsp3) is 0.636. The van der Waals surface area contributed by atoms with Crippen molar-refractivity contribution in [3.63, 3.8) is 0 Å². The Labute approximate surface area is 94.1 Å². The van der Waals surface area contributed by atoms with Crippen LogP contribution >= 0.6 is 11.3 Å². The van der Waals surface area contributed by atoms with Gasteiger partial charge in [0.05, 0.1) is 10.6 Å². The second-order valence-corrected chi connectivity index (χ2v) is 5.47. The van der Waals surface area contributed by atoms with Crippen molar-refractivity contribution < 1.29 is 4.79 Å². The van der Waals surface area contributed by atoms with Crippen molar-refractivity contribution in [1.29, 1.82) is 0 Å². The van der Waals surface area contributed by atoms with Crippen LogP contribution in [0.15, 0.2) is 0 Å². The van der Waals surface area contributed by atoms with E-state index in [1.807, 2.05) is 14.1 Å². The summed E-state index contributed by atoms with van der Waals surface area (Å²) in [5.41, 5.74) is 1.06. The van der Waals surface area contributed by atoms with Crippen LogP contribution in [-0.4, -0.2) is 29.8 Å². The highest BCUT2D eigenvalue weighted by molar-refractivity contribution is 7.13. The maximum atomic E-state index is 11.5. The van der Waals surface area contributed by atoms with Gasteiger partial charge in [-0.25, -0.2) is 4.98 Å². The third-order valence-electron chi connectivity index (χ3n) is 2.43. The number of carbonyl (C=O) groups is 1. The zero-order valence-corrected chi connectivity index (χ0v) is 10.2. The van der Waals surface area contributed by atoms with Crippen LogP contribution in [0.3, 0.4) is 0 Å². The highest BCUT2D eigenvalue weighted by atomic mass is 32.1.